The SMILES string of the molecule is CCCCCCCCCCn1ccnc1C(C)C(C)(Cc1ccccc1)c1ccccc1. The molecule has 1 heterocycles. The lowest BCUT2D eigenvalue weighted by molar-refractivity contribution is 0.366. The molecule has 0 spiro atoms. The number of benzene rings is 2. The lowest BCUT2D eigenvalue weighted by Crippen LogP contribution is -2.33. The van der Waals surface area contributed by atoms with Crippen LogP contribution in [0.5, 0.6) is 0 Å². The zero-order valence-corrected chi connectivity index (χ0v) is 20.5. The summed E-state index contributed by atoms with van der Waals surface area (Å²) in [6, 6.07) is 21.9. The second kappa shape index (κ2) is 12.6. The first kappa shape index (κ1) is 24.3. The highest BCUT2D eigenvalue weighted by Gasteiger charge is 2.36. The van der Waals surface area contributed by atoms with Gasteiger partial charge in [0.05, 0.1) is 0 Å². The van der Waals surface area contributed by atoms with Crippen molar-refractivity contribution >= 4 is 0 Å². The van der Waals surface area contributed by atoms with E-state index in [1.54, 1.807) is 0 Å². The molecule has 2 nitrogen and oxygen atoms in total. The van der Waals surface area contributed by atoms with Crippen molar-refractivity contribution in [3.8, 4) is 0 Å². The Balaban J connectivity index is 1.68. The van der Waals surface area contributed by atoms with Crippen LogP contribution in [0.25, 0.3) is 0 Å². The maximum absolute atomic E-state index is 4.86. The molecule has 2 unspecified atom stereocenters. The second-order valence-electron chi connectivity index (χ2n) is 9.62. The second-order valence-corrected chi connectivity index (χ2v) is 9.62. The van der Waals surface area contributed by atoms with E-state index in [0.717, 1.165) is 13.0 Å². The number of hydrogen-bond acceptors (Lipinski definition) is 1. The Kier molecular flexibility index (Phi) is 9.59. The smallest absolute Gasteiger partial charge is 0.112 e. The standard InChI is InChI=1S/C30H42N2/c1-4-5-6-7-8-9-10-17-23-32-24-22-31-29(32)26(2)30(3,28-20-15-12-16-21-28)25-27-18-13-11-14-19-27/h11-16,18-22,24,26H,4-10,17,23,25H2,1-3H3. The van der Waals surface area contributed by atoms with Gasteiger partial charge in [-0.15, -0.1) is 0 Å². The van der Waals surface area contributed by atoms with Crippen molar-refractivity contribution in [3.05, 3.63) is 90.0 Å². The van der Waals surface area contributed by atoms with E-state index in [1.165, 1.54) is 68.3 Å². The van der Waals surface area contributed by atoms with E-state index in [-0.39, 0.29) is 5.41 Å². The van der Waals surface area contributed by atoms with Gasteiger partial charge in [-0.25, -0.2) is 4.98 Å². The van der Waals surface area contributed by atoms with E-state index in [1.807, 2.05) is 6.20 Å². The zero-order chi connectivity index (χ0) is 22.7. The van der Waals surface area contributed by atoms with Gasteiger partial charge in [-0.05, 0) is 24.0 Å². The largest absolute Gasteiger partial charge is 0.335 e. The molecular weight excluding hydrogens is 388 g/mol. The van der Waals surface area contributed by atoms with Crippen LogP contribution >= 0.6 is 0 Å². The monoisotopic (exact) mass is 430 g/mol. The van der Waals surface area contributed by atoms with Gasteiger partial charge in [0.1, 0.15) is 5.82 Å². The number of imidazole rings is 1. The van der Waals surface area contributed by atoms with Gasteiger partial charge >= 0.3 is 0 Å². The van der Waals surface area contributed by atoms with Gasteiger partial charge in [0.15, 0.2) is 0 Å². The number of aryl methyl sites for hydroxylation is 1. The molecule has 0 N–H and O–H groups in total. The Labute approximate surface area is 196 Å². The highest BCUT2D eigenvalue weighted by atomic mass is 15.1. The number of hydrogen-bond donors (Lipinski definition) is 0. The van der Waals surface area contributed by atoms with Gasteiger partial charge in [-0.2, -0.15) is 0 Å². The molecule has 0 aliphatic carbocycles. The van der Waals surface area contributed by atoms with Crippen LogP contribution in [0.3, 0.4) is 0 Å². The average Bonchev–Trinajstić information content (AvgIpc) is 3.30. The minimum atomic E-state index is -0.0228. The molecule has 32 heavy (non-hydrogen) atoms. The van der Waals surface area contributed by atoms with Crippen molar-refractivity contribution < 1.29 is 0 Å². The molecule has 0 saturated heterocycles. The van der Waals surface area contributed by atoms with Gasteiger partial charge in [-0.3, -0.25) is 0 Å². The van der Waals surface area contributed by atoms with Crippen LogP contribution in [0.2, 0.25) is 0 Å². The van der Waals surface area contributed by atoms with Gasteiger partial charge in [0.2, 0.25) is 0 Å². The van der Waals surface area contributed by atoms with E-state index in [2.05, 4.69) is 92.2 Å². The summed E-state index contributed by atoms with van der Waals surface area (Å²) in [5, 5.41) is 0. The van der Waals surface area contributed by atoms with Gasteiger partial charge in [0, 0.05) is 30.3 Å². The van der Waals surface area contributed by atoms with Crippen molar-refractivity contribution in [2.75, 3.05) is 0 Å². The third-order valence-electron chi connectivity index (χ3n) is 7.19. The lowest BCUT2D eigenvalue weighted by Gasteiger charge is -2.36. The maximum atomic E-state index is 4.86. The van der Waals surface area contributed by atoms with Gasteiger partial charge < -0.3 is 4.57 Å². The molecule has 0 aliphatic heterocycles. The maximum Gasteiger partial charge on any atom is 0.112 e. The quantitative estimate of drug-likeness (QED) is 0.235. The van der Waals surface area contributed by atoms with Crippen LogP contribution in [0.4, 0.5) is 0 Å². The van der Waals surface area contributed by atoms with Crippen molar-refractivity contribution in [3.63, 3.8) is 0 Å². The first-order valence-electron chi connectivity index (χ1n) is 12.8. The van der Waals surface area contributed by atoms with Crippen molar-refractivity contribution in [1.29, 1.82) is 0 Å². The Morgan fingerprint density at radius 2 is 1.41 bits per heavy atom. The summed E-state index contributed by atoms with van der Waals surface area (Å²) in [5.74, 6) is 1.53. The fourth-order valence-corrected chi connectivity index (χ4v) is 4.94. The molecule has 3 rings (SSSR count). The summed E-state index contributed by atoms with van der Waals surface area (Å²) >= 11 is 0. The Morgan fingerprint density at radius 3 is 2.06 bits per heavy atom. The van der Waals surface area contributed by atoms with Crippen LogP contribution in [0.15, 0.2) is 73.1 Å². The van der Waals surface area contributed by atoms with Crippen LogP contribution in [0, 0.1) is 0 Å². The number of rotatable bonds is 14. The highest BCUT2D eigenvalue weighted by Crippen LogP contribution is 2.41. The lowest BCUT2D eigenvalue weighted by atomic mass is 9.68. The molecule has 172 valence electrons. The first-order chi connectivity index (χ1) is 15.6. The molecular formula is C30H42N2. The average molecular weight is 431 g/mol. The summed E-state index contributed by atoms with van der Waals surface area (Å²) < 4.78 is 2.41. The normalized spacial score (nSPS) is 14.2. The predicted molar refractivity (Wildman–Crippen MR) is 137 cm³/mol. The van der Waals surface area contributed by atoms with Gasteiger partial charge in [0.25, 0.3) is 0 Å². The fraction of sp³-hybridized carbons (Fsp3) is 0.500. The summed E-state index contributed by atoms with van der Waals surface area (Å²) in [5.41, 5.74) is 2.75. The Morgan fingerprint density at radius 1 is 0.812 bits per heavy atom. The molecule has 0 aliphatic rings. The van der Waals surface area contributed by atoms with E-state index in [9.17, 15) is 0 Å². The van der Waals surface area contributed by atoms with Crippen LogP contribution < -0.4 is 0 Å². The van der Waals surface area contributed by atoms with Crippen molar-refractivity contribution in [2.45, 2.75) is 96.4 Å². The van der Waals surface area contributed by atoms with Crippen molar-refractivity contribution in [2.24, 2.45) is 0 Å². The molecule has 0 bridgehead atoms. The minimum absolute atomic E-state index is 0.0228. The topological polar surface area (TPSA) is 17.8 Å². The molecule has 2 atom stereocenters. The summed E-state index contributed by atoms with van der Waals surface area (Å²) in [4.78, 5) is 4.86. The third-order valence-corrected chi connectivity index (χ3v) is 7.19. The Bertz CT molecular complexity index is 883. The zero-order valence-electron chi connectivity index (χ0n) is 20.5. The molecule has 0 radical (unpaired) electrons. The molecule has 2 aromatic carbocycles. The summed E-state index contributed by atoms with van der Waals surface area (Å²) in [6.45, 7) is 8.13. The van der Waals surface area contributed by atoms with Crippen molar-refractivity contribution in [1.82, 2.24) is 9.55 Å². The van der Waals surface area contributed by atoms with E-state index < -0.39 is 0 Å². The van der Waals surface area contributed by atoms with Crippen LogP contribution in [0.1, 0.15) is 95.0 Å². The van der Waals surface area contributed by atoms with E-state index in [0.29, 0.717) is 5.92 Å². The fourth-order valence-electron chi connectivity index (χ4n) is 4.94. The van der Waals surface area contributed by atoms with Crippen LogP contribution in [-0.4, -0.2) is 9.55 Å². The summed E-state index contributed by atoms with van der Waals surface area (Å²) in [6.07, 6.45) is 16.0. The molecule has 0 amide bonds. The number of aromatic nitrogens is 2. The molecule has 3 aromatic rings. The third kappa shape index (κ3) is 6.58. The molecule has 2 heteroatoms. The minimum Gasteiger partial charge on any atom is -0.335 e. The first-order valence-corrected chi connectivity index (χ1v) is 12.8. The molecule has 0 saturated carbocycles. The van der Waals surface area contributed by atoms with Gasteiger partial charge in [-0.1, -0.05) is 126 Å². The Hall–Kier alpha value is -2.35. The number of nitrogens with zero attached hydrogens (tertiary/aromatic N) is 2. The van der Waals surface area contributed by atoms with E-state index >= 15 is 0 Å². The van der Waals surface area contributed by atoms with Crippen LogP contribution in [-0.2, 0) is 18.4 Å². The predicted octanol–water partition coefficient (Wildman–Crippen LogP) is 8.33. The van der Waals surface area contributed by atoms with E-state index in [4.69, 9.17) is 4.98 Å². The highest BCUT2D eigenvalue weighted by molar-refractivity contribution is 5.32. The summed E-state index contributed by atoms with van der Waals surface area (Å²) in [7, 11) is 0. The number of unbranched alkanes of at least 4 members (excludes halogenated alkanes) is 7. The molecule has 0 fully saturated rings. The molecule has 1 aromatic heterocycles.